The number of hydrogen-bond donors (Lipinski definition) is 1. The molecule has 0 bridgehead atoms. The first-order valence-corrected chi connectivity index (χ1v) is 6.47. The first kappa shape index (κ1) is 13.5. The minimum Gasteiger partial charge on any atom is -0.379 e. The molecule has 100 valence electrons. The second-order valence-corrected chi connectivity index (χ2v) is 4.85. The van der Waals surface area contributed by atoms with Gasteiger partial charge in [0.05, 0.1) is 13.2 Å². The number of ether oxygens (including phenoxy) is 1. The molecule has 2 N–H and O–H groups in total. The van der Waals surface area contributed by atoms with E-state index in [9.17, 15) is 4.39 Å². The van der Waals surface area contributed by atoms with Crippen LogP contribution in [-0.2, 0) is 4.74 Å². The second kappa shape index (κ2) is 6.27. The molecule has 18 heavy (non-hydrogen) atoms. The van der Waals surface area contributed by atoms with E-state index in [-0.39, 0.29) is 11.7 Å². The Labute approximate surface area is 108 Å². The van der Waals surface area contributed by atoms with Crippen LogP contribution in [0.5, 0.6) is 0 Å². The van der Waals surface area contributed by atoms with Crippen LogP contribution in [0.3, 0.4) is 0 Å². The molecule has 0 amide bonds. The van der Waals surface area contributed by atoms with E-state index in [1.807, 2.05) is 12.1 Å². The highest BCUT2D eigenvalue weighted by molar-refractivity contribution is 5.27. The highest BCUT2D eigenvalue weighted by Gasteiger charge is 2.17. The first-order chi connectivity index (χ1) is 8.70. The number of morpholine rings is 1. The average Bonchev–Trinajstić information content (AvgIpc) is 2.40. The standard InChI is InChI=1S/C14H21FN2O/c1-11-8-12(2-3-14(11)15)13(9-16)10-17-4-6-18-7-5-17/h2-3,8,13H,4-7,9-10,16H2,1H3. The second-order valence-electron chi connectivity index (χ2n) is 4.85. The Balaban J connectivity index is 2.04. The van der Waals surface area contributed by atoms with Gasteiger partial charge in [0.2, 0.25) is 0 Å². The number of aryl methyl sites for hydroxylation is 1. The maximum atomic E-state index is 13.3. The molecule has 0 aromatic heterocycles. The van der Waals surface area contributed by atoms with Gasteiger partial charge in [0, 0.05) is 32.1 Å². The summed E-state index contributed by atoms with van der Waals surface area (Å²) in [5.74, 6) is 0.114. The zero-order valence-electron chi connectivity index (χ0n) is 10.9. The lowest BCUT2D eigenvalue weighted by atomic mass is 9.96. The lowest BCUT2D eigenvalue weighted by Crippen LogP contribution is -2.40. The van der Waals surface area contributed by atoms with Crippen LogP contribution in [0.1, 0.15) is 17.0 Å². The molecule has 2 rings (SSSR count). The number of halogens is 1. The molecule has 1 aromatic rings. The van der Waals surface area contributed by atoms with E-state index in [1.165, 1.54) is 6.07 Å². The topological polar surface area (TPSA) is 38.5 Å². The van der Waals surface area contributed by atoms with Crippen molar-refractivity contribution >= 4 is 0 Å². The fourth-order valence-electron chi connectivity index (χ4n) is 2.33. The summed E-state index contributed by atoms with van der Waals surface area (Å²) < 4.78 is 18.6. The Morgan fingerprint density at radius 1 is 1.39 bits per heavy atom. The predicted octanol–water partition coefficient (Wildman–Crippen LogP) is 1.51. The third-order valence-corrected chi connectivity index (χ3v) is 3.52. The molecule has 0 radical (unpaired) electrons. The molecule has 0 aliphatic carbocycles. The predicted molar refractivity (Wildman–Crippen MR) is 70.2 cm³/mol. The highest BCUT2D eigenvalue weighted by atomic mass is 19.1. The fraction of sp³-hybridized carbons (Fsp3) is 0.571. The van der Waals surface area contributed by atoms with Crippen molar-refractivity contribution in [3.05, 3.63) is 35.1 Å². The van der Waals surface area contributed by atoms with Crippen molar-refractivity contribution in [2.45, 2.75) is 12.8 Å². The van der Waals surface area contributed by atoms with Crippen molar-refractivity contribution in [2.75, 3.05) is 39.4 Å². The van der Waals surface area contributed by atoms with E-state index in [4.69, 9.17) is 10.5 Å². The fourth-order valence-corrected chi connectivity index (χ4v) is 2.33. The molecule has 0 spiro atoms. The van der Waals surface area contributed by atoms with Crippen LogP contribution in [-0.4, -0.2) is 44.3 Å². The summed E-state index contributed by atoms with van der Waals surface area (Å²) in [5, 5.41) is 0. The smallest absolute Gasteiger partial charge is 0.126 e. The molecule has 1 aliphatic rings. The van der Waals surface area contributed by atoms with E-state index in [1.54, 1.807) is 6.92 Å². The molecule has 4 heteroatoms. The van der Waals surface area contributed by atoms with Crippen molar-refractivity contribution in [1.82, 2.24) is 4.90 Å². The normalized spacial score (nSPS) is 18.8. The van der Waals surface area contributed by atoms with E-state index >= 15 is 0 Å². The molecule has 1 heterocycles. The molecule has 1 atom stereocenters. The van der Waals surface area contributed by atoms with Crippen molar-refractivity contribution in [1.29, 1.82) is 0 Å². The summed E-state index contributed by atoms with van der Waals surface area (Å²) in [6, 6.07) is 5.29. The van der Waals surface area contributed by atoms with E-state index in [2.05, 4.69) is 4.90 Å². The molecule has 0 saturated carbocycles. The molecule has 1 unspecified atom stereocenters. The maximum absolute atomic E-state index is 13.3. The van der Waals surface area contributed by atoms with Gasteiger partial charge in [-0.15, -0.1) is 0 Å². The number of nitrogens with two attached hydrogens (primary N) is 1. The molecule has 1 aliphatic heterocycles. The number of benzene rings is 1. The third kappa shape index (κ3) is 3.28. The van der Waals surface area contributed by atoms with E-state index in [0.29, 0.717) is 12.1 Å². The summed E-state index contributed by atoms with van der Waals surface area (Å²) in [6.45, 7) is 6.79. The zero-order valence-corrected chi connectivity index (χ0v) is 10.9. The van der Waals surface area contributed by atoms with Gasteiger partial charge in [-0.1, -0.05) is 12.1 Å². The SMILES string of the molecule is Cc1cc(C(CN)CN2CCOCC2)ccc1F. The zero-order chi connectivity index (χ0) is 13.0. The van der Waals surface area contributed by atoms with E-state index < -0.39 is 0 Å². The summed E-state index contributed by atoms with van der Waals surface area (Å²) in [6.07, 6.45) is 0. The summed E-state index contributed by atoms with van der Waals surface area (Å²) in [4.78, 5) is 2.36. The van der Waals surface area contributed by atoms with Gasteiger partial charge in [0.1, 0.15) is 5.82 Å². The Hall–Kier alpha value is -0.970. The van der Waals surface area contributed by atoms with Gasteiger partial charge in [-0.2, -0.15) is 0 Å². The molecular weight excluding hydrogens is 231 g/mol. The number of rotatable bonds is 4. The lowest BCUT2D eigenvalue weighted by molar-refractivity contribution is 0.0353. The van der Waals surface area contributed by atoms with Gasteiger partial charge in [0.25, 0.3) is 0 Å². The number of hydrogen-bond acceptors (Lipinski definition) is 3. The Morgan fingerprint density at radius 3 is 2.72 bits per heavy atom. The van der Waals surface area contributed by atoms with Crippen molar-refractivity contribution in [2.24, 2.45) is 5.73 Å². The minimum absolute atomic E-state index is 0.152. The van der Waals surface area contributed by atoms with Gasteiger partial charge in [0.15, 0.2) is 0 Å². The third-order valence-electron chi connectivity index (χ3n) is 3.52. The molecule has 3 nitrogen and oxygen atoms in total. The lowest BCUT2D eigenvalue weighted by Gasteiger charge is -2.30. The van der Waals surface area contributed by atoms with Gasteiger partial charge in [-0.25, -0.2) is 4.39 Å². The monoisotopic (exact) mass is 252 g/mol. The van der Waals surface area contributed by atoms with Gasteiger partial charge < -0.3 is 10.5 Å². The summed E-state index contributed by atoms with van der Waals surface area (Å²) in [7, 11) is 0. The van der Waals surface area contributed by atoms with E-state index in [0.717, 1.165) is 38.4 Å². The highest BCUT2D eigenvalue weighted by Crippen LogP contribution is 2.19. The summed E-state index contributed by atoms with van der Waals surface area (Å²) in [5.41, 5.74) is 7.67. The van der Waals surface area contributed by atoms with Gasteiger partial charge in [-0.3, -0.25) is 4.90 Å². The Morgan fingerprint density at radius 2 is 2.11 bits per heavy atom. The van der Waals surface area contributed by atoms with Crippen LogP contribution >= 0.6 is 0 Å². The van der Waals surface area contributed by atoms with Crippen LogP contribution in [0.25, 0.3) is 0 Å². The molecular formula is C14H21FN2O. The summed E-state index contributed by atoms with van der Waals surface area (Å²) >= 11 is 0. The van der Waals surface area contributed by atoms with Crippen LogP contribution in [0.2, 0.25) is 0 Å². The van der Waals surface area contributed by atoms with Crippen LogP contribution in [0.15, 0.2) is 18.2 Å². The van der Waals surface area contributed by atoms with Gasteiger partial charge >= 0.3 is 0 Å². The Bertz CT molecular complexity index is 391. The van der Waals surface area contributed by atoms with Crippen molar-refractivity contribution < 1.29 is 9.13 Å². The first-order valence-electron chi connectivity index (χ1n) is 6.47. The minimum atomic E-state index is -0.152. The quantitative estimate of drug-likeness (QED) is 0.882. The van der Waals surface area contributed by atoms with Crippen LogP contribution in [0, 0.1) is 12.7 Å². The van der Waals surface area contributed by atoms with Crippen LogP contribution < -0.4 is 5.73 Å². The molecule has 1 saturated heterocycles. The molecule has 1 aromatic carbocycles. The van der Waals surface area contributed by atoms with Crippen molar-refractivity contribution in [3.63, 3.8) is 0 Å². The van der Waals surface area contributed by atoms with Gasteiger partial charge in [-0.05, 0) is 24.1 Å². The van der Waals surface area contributed by atoms with Crippen LogP contribution in [0.4, 0.5) is 4.39 Å². The molecule has 1 fully saturated rings. The Kier molecular flexibility index (Phi) is 4.69. The largest absolute Gasteiger partial charge is 0.379 e. The average molecular weight is 252 g/mol. The van der Waals surface area contributed by atoms with Crippen molar-refractivity contribution in [3.8, 4) is 0 Å². The number of nitrogens with zero attached hydrogens (tertiary/aromatic N) is 1. The maximum Gasteiger partial charge on any atom is 0.126 e.